The Labute approximate surface area is 182 Å². The van der Waals surface area contributed by atoms with E-state index in [2.05, 4.69) is 51.4 Å². The number of hydrogen-bond donors (Lipinski definition) is 2. The molecule has 0 saturated carbocycles. The first-order valence-electron chi connectivity index (χ1n) is 11.0. The summed E-state index contributed by atoms with van der Waals surface area (Å²) in [6.07, 6.45) is 3.87. The van der Waals surface area contributed by atoms with Crippen LogP contribution >= 0.6 is 0 Å². The monoisotopic (exact) mass is 421 g/mol. The van der Waals surface area contributed by atoms with Gasteiger partial charge in [-0.2, -0.15) is 4.98 Å². The fourth-order valence-electron chi connectivity index (χ4n) is 4.01. The van der Waals surface area contributed by atoms with Gasteiger partial charge < -0.3 is 25.4 Å². The van der Waals surface area contributed by atoms with Crippen molar-refractivity contribution in [2.24, 2.45) is 0 Å². The molecule has 1 aromatic carbocycles. The third-order valence-electron chi connectivity index (χ3n) is 5.80. The first-order chi connectivity index (χ1) is 15.1. The Balaban J connectivity index is 1.63. The first kappa shape index (κ1) is 21.1. The predicted molar refractivity (Wildman–Crippen MR) is 127 cm³/mol. The Morgan fingerprint density at radius 1 is 1.13 bits per heavy atom. The molecule has 31 heavy (non-hydrogen) atoms. The third kappa shape index (κ3) is 4.64. The number of nitrogens with one attached hydrogen (secondary N) is 1. The van der Waals surface area contributed by atoms with E-state index in [1.54, 1.807) is 10.8 Å². The van der Waals surface area contributed by atoms with Gasteiger partial charge in [0.25, 0.3) is 5.56 Å². The zero-order valence-corrected chi connectivity index (χ0v) is 18.3. The summed E-state index contributed by atoms with van der Waals surface area (Å²) in [5, 5.41) is 3.90. The van der Waals surface area contributed by atoms with Gasteiger partial charge in [0, 0.05) is 51.7 Å². The second kappa shape index (κ2) is 9.34. The van der Waals surface area contributed by atoms with Crippen LogP contribution in [0.2, 0.25) is 0 Å². The zero-order valence-electron chi connectivity index (χ0n) is 18.3. The van der Waals surface area contributed by atoms with Crippen LogP contribution < -0.4 is 26.4 Å². The molecule has 3 N–H and O–H groups in total. The summed E-state index contributed by atoms with van der Waals surface area (Å²) in [6.45, 7) is 7.50. The highest BCUT2D eigenvalue weighted by molar-refractivity contribution is 5.89. The van der Waals surface area contributed by atoms with Gasteiger partial charge in [-0.05, 0) is 30.2 Å². The van der Waals surface area contributed by atoms with Crippen LogP contribution in [-0.2, 0) is 6.54 Å². The van der Waals surface area contributed by atoms with Crippen LogP contribution in [0.5, 0.6) is 0 Å². The molecule has 0 unspecified atom stereocenters. The number of hydrogen-bond acceptors (Lipinski definition) is 7. The summed E-state index contributed by atoms with van der Waals surface area (Å²) >= 11 is 0. The number of pyridine rings is 1. The van der Waals surface area contributed by atoms with E-state index in [1.165, 1.54) is 5.69 Å². The number of anilines is 3. The summed E-state index contributed by atoms with van der Waals surface area (Å²) in [4.78, 5) is 26.4. The standard InChI is InChI=1S/C23H31N7O/c1-3-4-12-28(2)21-20-19(26-23(24)27-21)9-13-30(22(20)31)16-17-5-7-18(8-6-17)29-14-10-25-11-15-29/h5-9,13,25H,3-4,10-12,14-16H2,1-2H3,(H2,24,26,27). The smallest absolute Gasteiger partial charge is 0.264 e. The van der Waals surface area contributed by atoms with Gasteiger partial charge in [-0.25, -0.2) is 4.98 Å². The molecule has 4 rings (SSSR count). The molecule has 0 aliphatic carbocycles. The number of piperazine rings is 1. The van der Waals surface area contributed by atoms with Gasteiger partial charge in [-0.1, -0.05) is 25.5 Å². The number of nitrogens with two attached hydrogens (primary N) is 1. The lowest BCUT2D eigenvalue weighted by Gasteiger charge is -2.29. The van der Waals surface area contributed by atoms with Crippen LogP contribution in [0.3, 0.4) is 0 Å². The van der Waals surface area contributed by atoms with Gasteiger partial charge in [-0.3, -0.25) is 4.79 Å². The van der Waals surface area contributed by atoms with Crippen molar-refractivity contribution < 1.29 is 0 Å². The second-order valence-electron chi connectivity index (χ2n) is 8.09. The van der Waals surface area contributed by atoms with Crippen LogP contribution in [0.25, 0.3) is 10.9 Å². The van der Waals surface area contributed by atoms with Crippen LogP contribution in [0.4, 0.5) is 17.5 Å². The minimum Gasteiger partial charge on any atom is -0.369 e. The summed E-state index contributed by atoms with van der Waals surface area (Å²) in [6, 6.07) is 10.3. The third-order valence-corrected chi connectivity index (χ3v) is 5.80. The number of nitrogens with zero attached hydrogens (tertiary/aromatic N) is 5. The van der Waals surface area contributed by atoms with Crippen LogP contribution in [-0.4, -0.2) is 54.3 Å². The van der Waals surface area contributed by atoms with E-state index in [-0.39, 0.29) is 11.5 Å². The van der Waals surface area contributed by atoms with E-state index in [1.807, 2.05) is 18.0 Å². The quantitative estimate of drug-likeness (QED) is 0.603. The Morgan fingerprint density at radius 3 is 2.58 bits per heavy atom. The highest BCUT2D eigenvalue weighted by atomic mass is 16.1. The maximum Gasteiger partial charge on any atom is 0.264 e. The Kier molecular flexibility index (Phi) is 6.36. The molecule has 0 bridgehead atoms. The summed E-state index contributed by atoms with van der Waals surface area (Å²) in [7, 11) is 1.95. The number of rotatable bonds is 7. The van der Waals surface area contributed by atoms with Crippen LogP contribution in [0.1, 0.15) is 25.3 Å². The minimum atomic E-state index is -0.0953. The number of fused-ring (bicyclic) bond motifs is 1. The molecule has 1 aliphatic heterocycles. The van der Waals surface area contributed by atoms with Crippen molar-refractivity contribution in [1.29, 1.82) is 0 Å². The van der Waals surface area contributed by atoms with Crippen molar-refractivity contribution in [1.82, 2.24) is 19.9 Å². The summed E-state index contributed by atoms with van der Waals surface area (Å²) in [5.74, 6) is 0.788. The van der Waals surface area contributed by atoms with Crippen molar-refractivity contribution >= 4 is 28.4 Å². The van der Waals surface area contributed by atoms with Gasteiger partial charge >= 0.3 is 0 Å². The van der Waals surface area contributed by atoms with Crippen molar-refractivity contribution in [3.05, 3.63) is 52.4 Å². The van der Waals surface area contributed by atoms with E-state index >= 15 is 0 Å². The summed E-state index contributed by atoms with van der Waals surface area (Å²) < 4.78 is 1.72. The minimum absolute atomic E-state index is 0.0953. The fraction of sp³-hybridized carbons (Fsp3) is 0.435. The molecule has 1 aliphatic rings. The molecular weight excluding hydrogens is 390 g/mol. The van der Waals surface area contributed by atoms with Crippen molar-refractivity contribution in [3.8, 4) is 0 Å². The Bertz CT molecular complexity index is 1090. The van der Waals surface area contributed by atoms with Gasteiger partial charge in [0.15, 0.2) is 0 Å². The normalized spacial score (nSPS) is 14.2. The molecule has 0 spiro atoms. The molecule has 0 radical (unpaired) electrons. The Morgan fingerprint density at radius 2 is 1.87 bits per heavy atom. The lowest BCUT2D eigenvalue weighted by molar-refractivity contribution is 0.589. The van der Waals surface area contributed by atoms with Gasteiger partial charge in [0.05, 0.1) is 12.1 Å². The molecule has 0 amide bonds. The average Bonchev–Trinajstić information content (AvgIpc) is 2.80. The molecule has 8 heteroatoms. The SMILES string of the molecule is CCCCN(C)c1nc(N)nc2ccn(Cc3ccc(N4CCNCC4)cc3)c(=O)c12. The van der Waals surface area contributed by atoms with Crippen LogP contribution in [0, 0.1) is 0 Å². The number of benzene rings is 1. The maximum atomic E-state index is 13.4. The molecule has 164 valence electrons. The second-order valence-corrected chi connectivity index (χ2v) is 8.09. The number of nitrogen functional groups attached to an aromatic ring is 1. The van der Waals surface area contributed by atoms with Crippen LogP contribution in [0.15, 0.2) is 41.3 Å². The van der Waals surface area contributed by atoms with Crippen molar-refractivity contribution in [2.45, 2.75) is 26.3 Å². The van der Waals surface area contributed by atoms with Crippen molar-refractivity contribution in [2.75, 3.05) is 55.3 Å². The lowest BCUT2D eigenvalue weighted by atomic mass is 10.1. The molecule has 3 aromatic rings. The zero-order chi connectivity index (χ0) is 21.8. The molecular formula is C23H31N7O. The maximum absolute atomic E-state index is 13.4. The number of aromatic nitrogens is 3. The average molecular weight is 422 g/mol. The number of unbranched alkanes of at least 4 members (excludes halogenated alkanes) is 1. The van der Waals surface area contributed by atoms with E-state index in [0.29, 0.717) is 23.3 Å². The predicted octanol–water partition coefficient (Wildman–Crippen LogP) is 2.07. The molecule has 1 saturated heterocycles. The van der Waals surface area contributed by atoms with E-state index in [9.17, 15) is 4.79 Å². The van der Waals surface area contributed by atoms with Gasteiger partial charge in [0.1, 0.15) is 11.2 Å². The van der Waals surface area contributed by atoms with E-state index in [4.69, 9.17) is 5.73 Å². The molecule has 1 fully saturated rings. The fourth-order valence-corrected chi connectivity index (χ4v) is 4.01. The molecule has 3 heterocycles. The highest BCUT2D eigenvalue weighted by Crippen LogP contribution is 2.22. The van der Waals surface area contributed by atoms with Gasteiger partial charge in [0.2, 0.25) is 5.95 Å². The largest absolute Gasteiger partial charge is 0.369 e. The highest BCUT2D eigenvalue weighted by Gasteiger charge is 2.16. The van der Waals surface area contributed by atoms with E-state index in [0.717, 1.165) is 51.1 Å². The lowest BCUT2D eigenvalue weighted by Crippen LogP contribution is -2.43. The Hall–Kier alpha value is -3.13. The first-order valence-corrected chi connectivity index (χ1v) is 11.0. The topological polar surface area (TPSA) is 92.3 Å². The van der Waals surface area contributed by atoms with Crippen molar-refractivity contribution in [3.63, 3.8) is 0 Å². The molecule has 2 aromatic heterocycles. The summed E-state index contributed by atoms with van der Waals surface area (Å²) in [5.41, 5.74) is 8.71. The van der Waals surface area contributed by atoms with E-state index < -0.39 is 0 Å². The van der Waals surface area contributed by atoms with Gasteiger partial charge in [-0.15, -0.1) is 0 Å². The molecule has 8 nitrogen and oxygen atoms in total. The molecule has 0 atom stereocenters.